The van der Waals surface area contributed by atoms with Gasteiger partial charge in [0.05, 0.1) is 6.20 Å². The van der Waals surface area contributed by atoms with Crippen molar-refractivity contribution in [1.29, 1.82) is 0 Å². The summed E-state index contributed by atoms with van der Waals surface area (Å²) in [5.74, 6) is 0. The molecule has 0 saturated heterocycles. The number of nitrogens with zero attached hydrogens (tertiary/aromatic N) is 4. The van der Waals surface area contributed by atoms with Crippen LogP contribution in [0.4, 0.5) is 0 Å². The summed E-state index contributed by atoms with van der Waals surface area (Å²) >= 11 is 0. The third-order valence-electron chi connectivity index (χ3n) is 1.56. The highest BCUT2D eigenvalue weighted by Crippen LogP contribution is 2.08. The molecule has 2 rings (SSSR count). The van der Waals surface area contributed by atoms with Gasteiger partial charge in [-0.15, -0.1) is 10.2 Å². The van der Waals surface area contributed by atoms with Crippen molar-refractivity contribution in [2.75, 3.05) is 0 Å². The summed E-state index contributed by atoms with van der Waals surface area (Å²) in [6.45, 7) is 4.14. The lowest BCUT2D eigenvalue weighted by Crippen LogP contribution is -2.00. The van der Waals surface area contributed by atoms with Gasteiger partial charge in [-0.25, -0.2) is 0 Å². The fourth-order valence-corrected chi connectivity index (χ4v) is 0.926. The number of H-pyrrole nitrogens is 1. The summed E-state index contributed by atoms with van der Waals surface area (Å²) in [6.07, 6.45) is 1.90. The quantitative estimate of drug-likeness (QED) is 0.664. The first kappa shape index (κ1) is 6.33. The Kier molecular flexibility index (Phi) is 1.18. The van der Waals surface area contributed by atoms with E-state index in [9.17, 15) is 0 Å². The normalized spacial score (nSPS) is 11.5. The van der Waals surface area contributed by atoms with Crippen molar-refractivity contribution in [2.24, 2.45) is 0 Å². The second kappa shape index (κ2) is 2.05. The maximum Gasteiger partial charge on any atom is 0.222 e. The zero-order valence-corrected chi connectivity index (χ0v) is 6.44. The Morgan fingerprint density at radius 1 is 1.64 bits per heavy atom. The summed E-state index contributed by atoms with van der Waals surface area (Å²) in [5.41, 5.74) is 1.57. The van der Waals surface area contributed by atoms with Gasteiger partial charge in [-0.1, -0.05) is 5.21 Å². The van der Waals surface area contributed by atoms with E-state index in [-0.39, 0.29) is 1.43 Å². The number of rotatable bonds is 1. The van der Waals surface area contributed by atoms with Crippen LogP contribution in [0.15, 0.2) is 6.20 Å². The molecule has 2 aromatic heterocycles. The van der Waals surface area contributed by atoms with Crippen molar-refractivity contribution in [3.05, 3.63) is 6.20 Å². The Labute approximate surface area is 64.9 Å². The van der Waals surface area contributed by atoms with E-state index in [0.717, 1.165) is 5.52 Å². The number of nitrogens with one attached hydrogen (secondary N) is 1. The molecule has 0 aromatic carbocycles. The average molecular weight is 153 g/mol. The SMILES string of the molecule is CC(C)n1cc2[nH]nnc2n1.[HH]. The van der Waals surface area contributed by atoms with Gasteiger partial charge in [-0.05, 0) is 13.8 Å². The lowest BCUT2D eigenvalue weighted by molar-refractivity contribution is 0.535. The Balaban J connectivity index is 0.000000720. The van der Waals surface area contributed by atoms with E-state index in [1.54, 1.807) is 0 Å². The maximum atomic E-state index is 4.18. The predicted molar refractivity (Wildman–Crippen MR) is 42.2 cm³/mol. The van der Waals surface area contributed by atoms with Crippen molar-refractivity contribution in [2.45, 2.75) is 19.9 Å². The van der Waals surface area contributed by atoms with E-state index in [2.05, 4.69) is 34.4 Å². The topological polar surface area (TPSA) is 59.4 Å². The van der Waals surface area contributed by atoms with Gasteiger partial charge in [-0.2, -0.15) is 0 Å². The Hall–Kier alpha value is -1.39. The molecule has 60 valence electrons. The van der Waals surface area contributed by atoms with Crippen LogP contribution in [0.3, 0.4) is 0 Å². The molecule has 0 bridgehead atoms. The standard InChI is InChI=1S/C6H9N5.H2/c1-4(2)11-3-5-6(9-11)8-10-7-5;/h3-4H,1-2H3,(H,7,8,9);1H. The molecule has 2 heterocycles. The van der Waals surface area contributed by atoms with Crippen molar-refractivity contribution in [3.8, 4) is 0 Å². The number of fused-ring (bicyclic) bond motifs is 1. The van der Waals surface area contributed by atoms with E-state index in [1.165, 1.54) is 0 Å². The summed E-state index contributed by atoms with van der Waals surface area (Å²) in [6, 6.07) is 0.373. The smallest absolute Gasteiger partial charge is 0.222 e. The zero-order chi connectivity index (χ0) is 7.84. The second-order valence-corrected chi connectivity index (χ2v) is 2.75. The molecular weight excluding hydrogens is 142 g/mol. The van der Waals surface area contributed by atoms with Crippen LogP contribution in [0.25, 0.3) is 11.2 Å². The molecule has 2 aromatic rings. The number of hydrogen-bond donors (Lipinski definition) is 1. The predicted octanol–water partition coefficient (Wildman–Crippen LogP) is 0.981. The van der Waals surface area contributed by atoms with E-state index in [4.69, 9.17) is 0 Å². The van der Waals surface area contributed by atoms with Gasteiger partial charge < -0.3 is 0 Å². The molecule has 0 unspecified atom stereocenters. The van der Waals surface area contributed by atoms with Gasteiger partial charge >= 0.3 is 0 Å². The highest BCUT2D eigenvalue weighted by atomic mass is 15.4. The molecule has 5 heteroatoms. The highest BCUT2D eigenvalue weighted by molar-refractivity contribution is 5.67. The molecule has 0 saturated carbocycles. The van der Waals surface area contributed by atoms with Crippen LogP contribution >= 0.6 is 0 Å². The van der Waals surface area contributed by atoms with Gasteiger partial charge in [-0.3, -0.25) is 9.78 Å². The zero-order valence-electron chi connectivity index (χ0n) is 6.44. The largest absolute Gasteiger partial charge is 0.266 e. The minimum absolute atomic E-state index is 0. The van der Waals surface area contributed by atoms with Gasteiger partial charge in [0.2, 0.25) is 5.65 Å². The fourth-order valence-electron chi connectivity index (χ4n) is 0.926. The molecule has 1 N–H and O–H groups in total. The van der Waals surface area contributed by atoms with Gasteiger partial charge in [0, 0.05) is 7.47 Å². The second-order valence-electron chi connectivity index (χ2n) is 2.75. The average Bonchev–Trinajstić information content (AvgIpc) is 2.40. The van der Waals surface area contributed by atoms with Crippen LogP contribution in [-0.4, -0.2) is 25.2 Å². The molecule has 0 aliphatic rings. The third kappa shape index (κ3) is 0.886. The molecule has 0 atom stereocenters. The highest BCUT2D eigenvalue weighted by Gasteiger charge is 2.04. The first-order valence-electron chi connectivity index (χ1n) is 3.53. The van der Waals surface area contributed by atoms with E-state index < -0.39 is 0 Å². The number of aromatic amines is 1. The minimum Gasteiger partial charge on any atom is -0.266 e. The first-order valence-corrected chi connectivity index (χ1v) is 3.53. The van der Waals surface area contributed by atoms with Crippen molar-refractivity contribution in [1.82, 2.24) is 25.2 Å². The summed E-state index contributed by atoms with van der Waals surface area (Å²) in [5, 5.41) is 14.3. The third-order valence-corrected chi connectivity index (χ3v) is 1.56. The lowest BCUT2D eigenvalue weighted by atomic mass is 10.4. The summed E-state index contributed by atoms with van der Waals surface area (Å²) in [4.78, 5) is 0. The molecule has 0 radical (unpaired) electrons. The van der Waals surface area contributed by atoms with E-state index in [0.29, 0.717) is 11.7 Å². The Bertz CT molecular complexity index is 334. The molecule has 0 amide bonds. The summed E-state index contributed by atoms with van der Waals surface area (Å²) < 4.78 is 1.86. The van der Waals surface area contributed by atoms with Gasteiger partial charge in [0.25, 0.3) is 0 Å². The molecule has 0 aliphatic carbocycles. The van der Waals surface area contributed by atoms with Crippen LogP contribution in [0.1, 0.15) is 21.3 Å². The molecule has 11 heavy (non-hydrogen) atoms. The van der Waals surface area contributed by atoms with Crippen LogP contribution in [-0.2, 0) is 0 Å². The van der Waals surface area contributed by atoms with Crippen molar-refractivity contribution >= 4 is 11.2 Å². The molecule has 0 spiro atoms. The van der Waals surface area contributed by atoms with E-state index >= 15 is 0 Å². The van der Waals surface area contributed by atoms with Gasteiger partial charge in [0.15, 0.2) is 0 Å². The fraction of sp³-hybridized carbons (Fsp3) is 0.500. The molecule has 5 nitrogen and oxygen atoms in total. The molecule has 0 fully saturated rings. The first-order chi connectivity index (χ1) is 5.27. The minimum atomic E-state index is 0. The van der Waals surface area contributed by atoms with E-state index in [1.807, 2.05) is 10.9 Å². The summed E-state index contributed by atoms with van der Waals surface area (Å²) in [7, 11) is 0. The van der Waals surface area contributed by atoms with Crippen molar-refractivity contribution in [3.63, 3.8) is 0 Å². The number of hydrogen-bond acceptors (Lipinski definition) is 3. The number of aromatic nitrogens is 5. The van der Waals surface area contributed by atoms with Crippen LogP contribution in [0.2, 0.25) is 0 Å². The Morgan fingerprint density at radius 3 is 3.09 bits per heavy atom. The van der Waals surface area contributed by atoms with Crippen molar-refractivity contribution < 1.29 is 1.43 Å². The van der Waals surface area contributed by atoms with Gasteiger partial charge in [0.1, 0.15) is 5.52 Å². The maximum absolute atomic E-state index is 4.18. The molecular formula is C6H11N5. The molecule has 0 aliphatic heterocycles. The van der Waals surface area contributed by atoms with Crippen LogP contribution < -0.4 is 0 Å². The van der Waals surface area contributed by atoms with Crippen LogP contribution in [0.5, 0.6) is 0 Å². The monoisotopic (exact) mass is 153 g/mol. The van der Waals surface area contributed by atoms with Crippen LogP contribution in [0, 0.1) is 0 Å². The Morgan fingerprint density at radius 2 is 2.45 bits per heavy atom. The lowest BCUT2D eigenvalue weighted by Gasteiger charge is -2.01.